The van der Waals surface area contributed by atoms with Gasteiger partial charge in [0.2, 0.25) is 11.8 Å². The van der Waals surface area contributed by atoms with Crippen molar-refractivity contribution in [3.63, 3.8) is 0 Å². The van der Waals surface area contributed by atoms with Crippen molar-refractivity contribution < 1.29 is 9.59 Å². The molecular weight excluding hydrogens is 362 g/mol. The van der Waals surface area contributed by atoms with Crippen LogP contribution in [0.25, 0.3) is 11.1 Å². The Morgan fingerprint density at radius 3 is 2.69 bits per heavy atom. The third kappa shape index (κ3) is 3.14. The molecule has 2 aromatic rings. The molecule has 5 heteroatoms. The van der Waals surface area contributed by atoms with Gasteiger partial charge >= 0.3 is 0 Å². The van der Waals surface area contributed by atoms with Crippen molar-refractivity contribution in [2.45, 2.75) is 59.2 Å². The van der Waals surface area contributed by atoms with Gasteiger partial charge in [0.05, 0.1) is 18.3 Å². The van der Waals surface area contributed by atoms with E-state index in [2.05, 4.69) is 55.7 Å². The zero-order chi connectivity index (χ0) is 20.9. The number of benzene rings is 2. The number of anilines is 1. The summed E-state index contributed by atoms with van der Waals surface area (Å²) in [5.74, 6) is -0.158. The number of aryl methyl sites for hydroxylation is 3. The van der Waals surface area contributed by atoms with Crippen molar-refractivity contribution in [3.05, 3.63) is 52.1 Å². The van der Waals surface area contributed by atoms with Crippen molar-refractivity contribution in [3.8, 4) is 11.1 Å². The van der Waals surface area contributed by atoms with Crippen LogP contribution in [0, 0.1) is 20.8 Å². The molecule has 0 bridgehead atoms. The molecular formula is C24H29N3O2. The number of hydrogen-bond donors (Lipinski definition) is 2. The van der Waals surface area contributed by atoms with Crippen LogP contribution in [0.4, 0.5) is 5.69 Å². The predicted octanol–water partition coefficient (Wildman–Crippen LogP) is 3.16. The highest BCUT2D eigenvalue weighted by Gasteiger charge is 2.37. The van der Waals surface area contributed by atoms with E-state index in [1.54, 1.807) is 14.0 Å². The van der Waals surface area contributed by atoms with Gasteiger partial charge in [-0.15, -0.1) is 0 Å². The van der Waals surface area contributed by atoms with Crippen LogP contribution >= 0.6 is 0 Å². The average Bonchev–Trinajstić information content (AvgIpc) is 2.84. The molecule has 0 fully saturated rings. The van der Waals surface area contributed by atoms with Crippen molar-refractivity contribution in [1.29, 1.82) is 0 Å². The van der Waals surface area contributed by atoms with Crippen molar-refractivity contribution in [1.82, 2.24) is 10.6 Å². The number of nitrogens with one attached hydrogen (secondary N) is 2. The van der Waals surface area contributed by atoms with E-state index in [-0.39, 0.29) is 17.9 Å². The Morgan fingerprint density at radius 2 is 1.97 bits per heavy atom. The minimum Gasteiger partial charge on any atom is -0.343 e. The van der Waals surface area contributed by atoms with Gasteiger partial charge in [-0.2, -0.15) is 0 Å². The number of carbonyl (C=O) groups is 2. The molecule has 2 atom stereocenters. The van der Waals surface area contributed by atoms with Crippen molar-refractivity contribution in [2.24, 2.45) is 0 Å². The number of fused-ring (bicyclic) bond motifs is 2. The van der Waals surface area contributed by atoms with Gasteiger partial charge in [0, 0.05) is 5.56 Å². The van der Waals surface area contributed by atoms with Gasteiger partial charge in [-0.3, -0.25) is 9.59 Å². The smallest absolute Gasteiger partial charge is 0.249 e. The van der Waals surface area contributed by atoms with E-state index in [0.29, 0.717) is 13.0 Å². The van der Waals surface area contributed by atoms with Crippen molar-refractivity contribution >= 4 is 17.5 Å². The third-order valence-electron chi connectivity index (χ3n) is 6.56. The standard InChI is InChI=1S/C24H29N3O2/c1-13-11-14(2)21-18-8-6-7-17-9-10-20(26-23(28)16(4)25-5)24(29)27(22(17)18)12-19(21)15(13)3/h6-8,11,16,20,25H,9-10,12H2,1-5H3,(H,26,28)/t16-,20-/m0/s1. The zero-order valence-corrected chi connectivity index (χ0v) is 17.8. The lowest BCUT2D eigenvalue weighted by atomic mass is 9.84. The Hall–Kier alpha value is -2.66. The second kappa shape index (κ2) is 7.30. The van der Waals surface area contributed by atoms with Gasteiger partial charge in [-0.1, -0.05) is 24.3 Å². The second-order valence-electron chi connectivity index (χ2n) is 8.34. The molecule has 2 heterocycles. The Morgan fingerprint density at radius 1 is 1.21 bits per heavy atom. The number of rotatable bonds is 3. The summed E-state index contributed by atoms with van der Waals surface area (Å²) in [6, 6.07) is 7.72. The molecule has 4 rings (SSSR count). The topological polar surface area (TPSA) is 61.4 Å². The Balaban J connectivity index is 1.81. The number of likely N-dealkylation sites (N-methyl/N-ethyl adjacent to an activating group) is 1. The van der Waals surface area contributed by atoms with Crippen LogP contribution in [-0.2, 0) is 22.6 Å². The zero-order valence-electron chi connectivity index (χ0n) is 17.8. The molecule has 0 saturated carbocycles. The van der Waals surface area contributed by atoms with Gasteiger partial charge in [-0.25, -0.2) is 0 Å². The first-order valence-electron chi connectivity index (χ1n) is 10.3. The number of amides is 2. The van der Waals surface area contributed by atoms with E-state index in [9.17, 15) is 9.59 Å². The third-order valence-corrected chi connectivity index (χ3v) is 6.56. The number of nitrogens with zero attached hydrogens (tertiary/aromatic N) is 1. The van der Waals surface area contributed by atoms with Gasteiger partial charge in [0.1, 0.15) is 6.04 Å². The lowest BCUT2D eigenvalue weighted by Crippen LogP contribution is -2.52. The SMILES string of the molecule is CN[C@@H](C)C(=O)N[C@H]1CCc2cccc3c2N(Cc2c(C)c(C)cc(C)c2-3)C1=O. The maximum atomic E-state index is 13.6. The fourth-order valence-electron chi connectivity index (χ4n) is 4.65. The molecule has 152 valence electrons. The number of hydrogen-bond acceptors (Lipinski definition) is 3. The highest BCUT2D eigenvalue weighted by molar-refractivity contribution is 6.06. The van der Waals surface area contributed by atoms with E-state index in [1.807, 2.05) is 4.90 Å². The number of para-hydroxylation sites is 1. The maximum absolute atomic E-state index is 13.6. The molecule has 2 aromatic carbocycles. The summed E-state index contributed by atoms with van der Waals surface area (Å²) >= 11 is 0. The molecule has 0 aliphatic carbocycles. The molecule has 0 unspecified atom stereocenters. The first kappa shape index (κ1) is 19.6. The van der Waals surface area contributed by atoms with Crippen LogP contribution in [-0.4, -0.2) is 30.9 Å². The lowest BCUT2D eigenvalue weighted by molar-refractivity contribution is -0.128. The highest BCUT2D eigenvalue weighted by atomic mass is 16.2. The molecule has 0 spiro atoms. The fourth-order valence-corrected chi connectivity index (χ4v) is 4.65. The molecule has 0 saturated heterocycles. The van der Waals surface area contributed by atoms with Crippen LogP contribution in [0.5, 0.6) is 0 Å². The molecule has 0 aromatic heterocycles. The van der Waals surface area contributed by atoms with Crippen LogP contribution in [0.15, 0.2) is 24.3 Å². The molecule has 2 aliphatic rings. The first-order chi connectivity index (χ1) is 13.8. The fraction of sp³-hybridized carbons (Fsp3) is 0.417. The van der Waals surface area contributed by atoms with Gasteiger partial charge in [-0.05, 0) is 81.0 Å². The molecule has 2 N–H and O–H groups in total. The summed E-state index contributed by atoms with van der Waals surface area (Å²) < 4.78 is 0. The van der Waals surface area contributed by atoms with Crippen LogP contribution < -0.4 is 15.5 Å². The first-order valence-corrected chi connectivity index (χ1v) is 10.3. The minimum absolute atomic E-state index is 0.0166. The van der Waals surface area contributed by atoms with Gasteiger partial charge in [0.15, 0.2) is 0 Å². The van der Waals surface area contributed by atoms with E-state index >= 15 is 0 Å². The summed E-state index contributed by atoms with van der Waals surface area (Å²) in [5, 5.41) is 5.91. The summed E-state index contributed by atoms with van der Waals surface area (Å²) in [5.41, 5.74) is 9.55. The maximum Gasteiger partial charge on any atom is 0.249 e. The Kier molecular flexibility index (Phi) is 4.95. The predicted molar refractivity (Wildman–Crippen MR) is 116 cm³/mol. The van der Waals surface area contributed by atoms with Gasteiger partial charge < -0.3 is 15.5 Å². The van der Waals surface area contributed by atoms with E-state index < -0.39 is 6.04 Å². The summed E-state index contributed by atoms with van der Waals surface area (Å²) in [6.45, 7) is 8.77. The quantitative estimate of drug-likeness (QED) is 0.845. The Labute approximate surface area is 172 Å². The van der Waals surface area contributed by atoms with Crippen LogP contribution in [0.3, 0.4) is 0 Å². The van der Waals surface area contributed by atoms with Crippen LogP contribution in [0.2, 0.25) is 0 Å². The largest absolute Gasteiger partial charge is 0.343 e. The molecule has 2 aliphatic heterocycles. The average molecular weight is 392 g/mol. The molecule has 5 nitrogen and oxygen atoms in total. The highest BCUT2D eigenvalue weighted by Crippen LogP contribution is 2.46. The van der Waals surface area contributed by atoms with Crippen LogP contribution in [0.1, 0.15) is 41.2 Å². The van der Waals surface area contributed by atoms with E-state index in [4.69, 9.17) is 0 Å². The van der Waals surface area contributed by atoms with E-state index in [1.165, 1.54) is 33.4 Å². The normalized spacial score (nSPS) is 18.6. The summed E-state index contributed by atoms with van der Waals surface area (Å²) in [4.78, 5) is 27.9. The Bertz CT molecular complexity index is 1010. The van der Waals surface area contributed by atoms with Gasteiger partial charge in [0.25, 0.3) is 0 Å². The lowest BCUT2D eigenvalue weighted by Gasteiger charge is -2.35. The summed E-state index contributed by atoms with van der Waals surface area (Å²) in [6.07, 6.45) is 1.38. The van der Waals surface area contributed by atoms with Crippen molar-refractivity contribution in [2.75, 3.05) is 11.9 Å². The second-order valence-corrected chi connectivity index (χ2v) is 8.34. The molecule has 2 amide bonds. The minimum atomic E-state index is -0.508. The monoisotopic (exact) mass is 391 g/mol. The van der Waals surface area contributed by atoms with E-state index in [0.717, 1.165) is 17.7 Å². The number of carbonyl (C=O) groups excluding carboxylic acids is 2. The summed E-state index contributed by atoms with van der Waals surface area (Å²) in [7, 11) is 1.75. The molecule has 29 heavy (non-hydrogen) atoms. The molecule has 0 radical (unpaired) electrons.